The molecular formula is C10H16N2. The zero-order valence-corrected chi connectivity index (χ0v) is 7.88. The molecule has 0 radical (unpaired) electrons. The van der Waals surface area contributed by atoms with Gasteiger partial charge in [-0.1, -0.05) is 13.8 Å². The topological polar surface area (TPSA) is 17.8 Å². The summed E-state index contributed by atoms with van der Waals surface area (Å²) in [5.74, 6) is 0.572. The molecular weight excluding hydrogens is 148 g/mol. The van der Waals surface area contributed by atoms with Gasteiger partial charge in [0.2, 0.25) is 0 Å². The molecule has 2 nitrogen and oxygen atoms in total. The normalized spacial score (nSPS) is 16.6. The summed E-state index contributed by atoms with van der Waals surface area (Å²) in [6, 6.07) is 2.27. The molecule has 0 spiro atoms. The predicted octanol–water partition coefficient (Wildman–Crippen LogP) is 2.34. The van der Waals surface area contributed by atoms with E-state index in [1.54, 1.807) is 0 Å². The molecule has 66 valence electrons. The minimum absolute atomic E-state index is 0.572. The van der Waals surface area contributed by atoms with Gasteiger partial charge in [0.15, 0.2) is 0 Å². The van der Waals surface area contributed by atoms with E-state index < -0.39 is 0 Å². The van der Waals surface area contributed by atoms with Crippen molar-refractivity contribution in [2.24, 2.45) is 0 Å². The first kappa shape index (κ1) is 7.84. The van der Waals surface area contributed by atoms with Crippen LogP contribution in [-0.4, -0.2) is 9.78 Å². The van der Waals surface area contributed by atoms with Gasteiger partial charge in [0.25, 0.3) is 0 Å². The van der Waals surface area contributed by atoms with Crippen LogP contribution in [-0.2, 0) is 13.0 Å². The molecule has 0 atom stereocenters. The second-order valence-electron chi connectivity index (χ2n) is 3.90. The fraction of sp³-hybridized carbons (Fsp3) is 0.700. The average molecular weight is 164 g/mol. The molecule has 2 heterocycles. The van der Waals surface area contributed by atoms with Crippen molar-refractivity contribution in [1.82, 2.24) is 9.78 Å². The summed E-state index contributed by atoms with van der Waals surface area (Å²) >= 11 is 0. The third-order valence-corrected chi connectivity index (χ3v) is 2.53. The Hall–Kier alpha value is -0.790. The quantitative estimate of drug-likeness (QED) is 0.623. The van der Waals surface area contributed by atoms with Crippen LogP contribution in [0.1, 0.15) is 44.0 Å². The van der Waals surface area contributed by atoms with E-state index in [0.29, 0.717) is 5.92 Å². The average Bonchev–Trinajstić information content (AvgIpc) is 2.46. The smallest absolute Gasteiger partial charge is 0.0652 e. The van der Waals surface area contributed by atoms with E-state index in [1.165, 1.54) is 30.7 Å². The van der Waals surface area contributed by atoms with Gasteiger partial charge >= 0.3 is 0 Å². The lowest BCUT2D eigenvalue weighted by molar-refractivity contribution is 0.482. The van der Waals surface area contributed by atoms with Crippen molar-refractivity contribution in [3.63, 3.8) is 0 Å². The Morgan fingerprint density at radius 1 is 1.42 bits per heavy atom. The van der Waals surface area contributed by atoms with Gasteiger partial charge in [0.05, 0.1) is 5.69 Å². The van der Waals surface area contributed by atoms with Crippen molar-refractivity contribution in [2.45, 2.75) is 45.6 Å². The fourth-order valence-electron chi connectivity index (χ4n) is 1.72. The Morgan fingerprint density at radius 3 is 2.92 bits per heavy atom. The summed E-state index contributed by atoms with van der Waals surface area (Å²) in [7, 11) is 0. The molecule has 0 aliphatic carbocycles. The third kappa shape index (κ3) is 1.26. The Kier molecular flexibility index (Phi) is 1.91. The van der Waals surface area contributed by atoms with Crippen molar-refractivity contribution in [2.75, 3.05) is 0 Å². The highest BCUT2D eigenvalue weighted by molar-refractivity contribution is 5.14. The predicted molar refractivity (Wildman–Crippen MR) is 49.3 cm³/mol. The molecule has 0 amide bonds. The van der Waals surface area contributed by atoms with Crippen LogP contribution in [0, 0.1) is 0 Å². The lowest BCUT2D eigenvalue weighted by atomic mass is 10.1. The van der Waals surface area contributed by atoms with Crippen LogP contribution >= 0.6 is 0 Å². The number of nitrogens with zero attached hydrogens (tertiary/aromatic N) is 2. The van der Waals surface area contributed by atoms with Crippen LogP contribution in [0.25, 0.3) is 0 Å². The van der Waals surface area contributed by atoms with Crippen molar-refractivity contribution in [1.29, 1.82) is 0 Å². The molecule has 0 fully saturated rings. The van der Waals surface area contributed by atoms with E-state index in [-0.39, 0.29) is 0 Å². The number of hydrogen-bond donors (Lipinski definition) is 0. The summed E-state index contributed by atoms with van der Waals surface area (Å²) in [5.41, 5.74) is 2.69. The maximum Gasteiger partial charge on any atom is 0.0652 e. The van der Waals surface area contributed by atoms with E-state index in [4.69, 9.17) is 0 Å². The van der Waals surface area contributed by atoms with E-state index in [9.17, 15) is 0 Å². The highest BCUT2D eigenvalue weighted by atomic mass is 15.3. The fourth-order valence-corrected chi connectivity index (χ4v) is 1.72. The number of aryl methyl sites for hydroxylation is 2. The molecule has 0 saturated carbocycles. The van der Waals surface area contributed by atoms with Crippen LogP contribution in [0.5, 0.6) is 0 Å². The van der Waals surface area contributed by atoms with E-state index in [2.05, 4.69) is 29.7 Å². The minimum Gasteiger partial charge on any atom is -0.269 e. The van der Waals surface area contributed by atoms with Gasteiger partial charge in [-0.15, -0.1) is 0 Å². The largest absolute Gasteiger partial charge is 0.269 e. The molecule has 1 aromatic rings. The van der Waals surface area contributed by atoms with E-state index in [1.807, 2.05) is 0 Å². The van der Waals surface area contributed by atoms with Crippen molar-refractivity contribution in [3.8, 4) is 0 Å². The molecule has 1 aliphatic heterocycles. The van der Waals surface area contributed by atoms with Crippen LogP contribution in [0.4, 0.5) is 0 Å². The molecule has 2 heteroatoms. The molecule has 0 saturated heterocycles. The van der Waals surface area contributed by atoms with Crippen molar-refractivity contribution < 1.29 is 0 Å². The van der Waals surface area contributed by atoms with E-state index in [0.717, 1.165) is 6.54 Å². The van der Waals surface area contributed by atoms with E-state index >= 15 is 0 Å². The highest BCUT2D eigenvalue weighted by Gasteiger charge is 2.13. The van der Waals surface area contributed by atoms with Gasteiger partial charge in [-0.2, -0.15) is 5.10 Å². The minimum atomic E-state index is 0.572. The summed E-state index contributed by atoms with van der Waals surface area (Å²) in [5, 5.41) is 4.57. The van der Waals surface area contributed by atoms with Crippen molar-refractivity contribution in [3.05, 3.63) is 17.5 Å². The lowest BCUT2D eigenvalue weighted by Crippen LogP contribution is -2.10. The first-order valence-corrected chi connectivity index (χ1v) is 4.84. The second kappa shape index (κ2) is 2.92. The van der Waals surface area contributed by atoms with Gasteiger partial charge in [-0.25, -0.2) is 0 Å². The Balaban J connectivity index is 2.32. The molecule has 0 bridgehead atoms. The summed E-state index contributed by atoms with van der Waals surface area (Å²) in [6.07, 6.45) is 3.86. The van der Waals surface area contributed by atoms with Crippen LogP contribution in [0.2, 0.25) is 0 Å². The van der Waals surface area contributed by atoms with Gasteiger partial charge < -0.3 is 0 Å². The standard InChI is InChI=1S/C10H16N2/c1-8(2)10-7-9-5-3-4-6-12(9)11-10/h7-8H,3-6H2,1-2H3. The molecule has 0 N–H and O–H groups in total. The number of rotatable bonds is 1. The summed E-state index contributed by atoms with van der Waals surface area (Å²) in [4.78, 5) is 0. The molecule has 0 unspecified atom stereocenters. The second-order valence-corrected chi connectivity index (χ2v) is 3.90. The number of fused-ring (bicyclic) bond motifs is 1. The molecule has 2 rings (SSSR count). The first-order valence-electron chi connectivity index (χ1n) is 4.84. The molecule has 0 aromatic carbocycles. The van der Waals surface area contributed by atoms with Crippen molar-refractivity contribution >= 4 is 0 Å². The lowest BCUT2D eigenvalue weighted by Gasteiger charge is -2.11. The van der Waals surface area contributed by atoms with Gasteiger partial charge in [-0.05, 0) is 31.2 Å². The monoisotopic (exact) mass is 164 g/mol. The van der Waals surface area contributed by atoms with Gasteiger partial charge in [-0.3, -0.25) is 4.68 Å². The zero-order valence-electron chi connectivity index (χ0n) is 7.88. The van der Waals surface area contributed by atoms with Crippen LogP contribution in [0.15, 0.2) is 6.07 Å². The maximum absolute atomic E-state index is 4.57. The first-order chi connectivity index (χ1) is 5.77. The summed E-state index contributed by atoms with van der Waals surface area (Å²) in [6.45, 7) is 5.53. The molecule has 1 aliphatic rings. The van der Waals surface area contributed by atoms with Crippen LogP contribution < -0.4 is 0 Å². The maximum atomic E-state index is 4.57. The highest BCUT2D eigenvalue weighted by Crippen LogP contribution is 2.19. The molecule has 1 aromatic heterocycles. The Morgan fingerprint density at radius 2 is 2.25 bits per heavy atom. The Labute approximate surface area is 73.6 Å². The third-order valence-electron chi connectivity index (χ3n) is 2.53. The molecule has 12 heavy (non-hydrogen) atoms. The zero-order chi connectivity index (χ0) is 8.55. The van der Waals surface area contributed by atoms with Crippen LogP contribution in [0.3, 0.4) is 0 Å². The van der Waals surface area contributed by atoms with Gasteiger partial charge in [0.1, 0.15) is 0 Å². The summed E-state index contributed by atoms with van der Waals surface area (Å²) < 4.78 is 2.18. The SMILES string of the molecule is CC(C)c1cc2n(n1)CCCC2. The van der Waals surface area contributed by atoms with Gasteiger partial charge in [0, 0.05) is 12.2 Å². The Bertz CT molecular complexity index is 250. The number of hydrogen-bond acceptors (Lipinski definition) is 1. The number of aromatic nitrogens is 2.